The Hall–Kier alpha value is -0.0800. The molecule has 0 radical (unpaired) electrons. The molecular weight excluding hydrogens is 258 g/mol. The standard InChI is InChI=1S/C19H31NO/c1-2-21-15-11-14(19(15)8-4-3-5-9-19)20-18-16-12-6-7-13(10-12)17(16)18/h12-18,20H,2-11H2,1H3. The van der Waals surface area contributed by atoms with Crippen LogP contribution in [0.15, 0.2) is 0 Å². The number of hydrogen-bond donors (Lipinski definition) is 1. The largest absolute Gasteiger partial charge is 0.378 e. The van der Waals surface area contributed by atoms with Gasteiger partial charge in [0.15, 0.2) is 0 Å². The number of fused-ring (bicyclic) bond motifs is 5. The Morgan fingerprint density at radius 1 is 1.00 bits per heavy atom. The number of nitrogens with one attached hydrogen (secondary N) is 1. The summed E-state index contributed by atoms with van der Waals surface area (Å²) in [5.74, 6) is 4.36. The highest BCUT2D eigenvalue weighted by atomic mass is 16.5. The Labute approximate surface area is 129 Å². The van der Waals surface area contributed by atoms with E-state index in [-0.39, 0.29) is 0 Å². The molecule has 5 aliphatic carbocycles. The average Bonchev–Trinajstić information content (AvgIpc) is 2.90. The smallest absolute Gasteiger partial charge is 0.0661 e. The molecule has 2 nitrogen and oxygen atoms in total. The van der Waals surface area contributed by atoms with Crippen LogP contribution in [0.4, 0.5) is 0 Å². The van der Waals surface area contributed by atoms with Crippen LogP contribution in [0.25, 0.3) is 0 Å². The summed E-state index contributed by atoms with van der Waals surface area (Å²) in [5.41, 5.74) is 0.518. The predicted molar refractivity (Wildman–Crippen MR) is 84.1 cm³/mol. The molecule has 0 saturated heterocycles. The van der Waals surface area contributed by atoms with Crippen LogP contribution in [-0.2, 0) is 4.74 Å². The van der Waals surface area contributed by atoms with Crippen molar-refractivity contribution < 1.29 is 4.74 Å². The molecule has 0 amide bonds. The molecule has 118 valence electrons. The van der Waals surface area contributed by atoms with Crippen molar-refractivity contribution in [2.75, 3.05) is 6.61 Å². The summed E-state index contributed by atoms with van der Waals surface area (Å²) >= 11 is 0. The van der Waals surface area contributed by atoms with Gasteiger partial charge in [-0.05, 0) is 69.1 Å². The summed E-state index contributed by atoms with van der Waals surface area (Å²) in [6.45, 7) is 3.07. The van der Waals surface area contributed by atoms with Gasteiger partial charge in [-0.25, -0.2) is 0 Å². The van der Waals surface area contributed by atoms with Crippen molar-refractivity contribution in [3.05, 3.63) is 0 Å². The molecule has 21 heavy (non-hydrogen) atoms. The van der Waals surface area contributed by atoms with Crippen LogP contribution in [0.3, 0.4) is 0 Å². The Morgan fingerprint density at radius 2 is 1.71 bits per heavy atom. The summed E-state index contributed by atoms with van der Waals surface area (Å²) < 4.78 is 6.11. The first-order valence-corrected chi connectivity index (χ1v) is 9.71. The molecule has 2 bridgehead atoms. The van der Waals surface area contributed by atoms with Crippen LogP contribution < -0.4 is 5.32 Å². The van der Waals surface area contributed by atoms with Gasteiger partial charge in [0.25, 0.3) is 0 Å². The van der Waals surface area contributed by atoms with E-state index < -0.39 is 0 Å². The molecule has 0 aromatic carbocycles. The fraction of sp³-hybridized carbons (Fsp3) is 1.00. The van der Waals surface area contributed by atoms with E-state index in [1.54, 1.807) is 19.3 Å². The highest BCUT2D eigenvalue weighted by Crippen LogP contribution is 2.66. The first kappa shape index (κ1) is 13.4. The second kappa shape index (κ2) is 4.71. The van der Waals surface area contributed by atoms with Crippen LogP contribution >= 0.6 is 0 Å². The highest BCUT2D eigenvalue weighted by molar-refractivity contribution is 5.20. The van der Waals surface area contributed by atoms with Gasteiger partial charge in [-0.15, -0.1) is 0 Å². The Balaban J connectivity index is 1.27. The molecule has 0 aliphatic heterocycles. The van der Waals surface area contributed by atoms with Gasteiger partial charge < -0.3 is 10.1 Å². The van der Waals surface area contributed by atoms with Gasteiger partial charge in [0, 0.05) is 24.1 Å². The topological polar surface area (TPSA) is 21.3 Å². The summed E-state index contributed by atoms with van der Waals surface area (Å²) in [6.07, 6.45) is 13.7. The lowest BCUT2D eigenvalue weighted by Gasteiger charge is -2.58. The van der Waals surface area contributed by atoms with E-state index in [1.807, 2.05) is 0 Å². The Bertz CT molecular complexity index is 400. The van der Waals surface area contributed by atoms with Crippen LogP contribution in [0.1, 0.15) is 64.7 Å². The lowest BCUT2D eigenvalue weighted by atomic mass is 9.55. The van der Waals surface area contributed by atoms with Gasteiger partial charge in [0.05, 0.1) is 6.10 Å². The fourth-order valence-electron chi connectivity index (χ4n) is 7.08. The highest BCUT2D eigenvalue weighted by Gasteiger charge is 2.67. The van der Waals surface area contributed by atoms with E-state index in [0.717, 1.165) is 42.4 Å². The van der Waals surface area contributed by atoms with Crippen molar-refractivity contribution in [2.45, 2.75) is 82.9 Å². The maximum atomic E-state index is 6.11. The van der Waals surface area contributed by atoms with Crippen molar-refractivity contribution in [1.29, 1.82) is 0 Å². The third-order valence-electron chi connectivity index (χ3n) is 8.07. The fourth-order valence-corrected chi connectivity index (χ4v) is 7.08. The lowest BCUT2D eigenvalue weighted by molar-refractivity contribution is -0.151. The number of hydrogen-bond acceptors (Lipinski definition) is 2. The summed E-state index contributed by atoms with van der Waals surface area (Å²) in [7, 11) is 0. The molecule has 2 heteroatoms. The molecule has 6 unspecified atom stereocenters. The minimum absolute atomic E-state index is 0.518. The molecular formula is C19H31NO. The maximum Gasteiger partial charge on any atom is 0.0661 e. The van der Waals surface area contributed by atoms with Crippen LogP contribution in [0, 0.1) is 29.1 Å². The molecule has 0 heterocycles. The van der Waals surface area contributed by atoms with Gasteiger partial charge in [0.1, 0.15) is 0 Å². The summed E-state index contributed by atoms with van der Waals surface area (Å²) in [6, 6.07) is 1.69. The monoisotopic (exact) mass is 289 g/mol. The minimum atomic E-state index is 0.518. The second-order valence-electron chi connectivity index (χ2n) is 8.71. The van der Waals surface area contributed by atoms with E-state index >= 15 is 0 Å². The van der Waals surface area contributed by atoms with E-state index in [9.17, 15) is 0 Å². The zero-order valence-electron chi connectivity index (χ0n) is 13.5. The average molecular weight is 289 g/mol. The van der Waals surface area contributed by atoms with E-state index in [4.69, 9.17) is 4.74 Å². The molecule has 0 aromatic heterocycles. The first-order valence-electron chi connectivity index (χ1n) is 9.71. The minimum Gasteiger partial charge on any atom is -0.378 e. The number of ether oxygens (including phenoxy) is 1. The third-order valence-corrected chi connectivity index (χ3v) is 8.07. The van der Waals surface area contributed by atoms with Gasteiger partial charge >= 0.3 is 0 Å². The van der Waals surface area contributed by atoms with Gasteiger partial charge in [-0.1, -0.05) is 19.3 Å². The SMILES string of the molecule is CCOC1CC(NC2C3C4CCC(C4)C23)C12CCCCC2. The predicted octanol–water partition coefficient (Wildman–Crippen LogP) is 3.75. The molecule has 1 spiro atoms. The third kappa shape index (κ3) is 1.78. The Kier molecular flexibility index (Phi) is 3.00. The van der Waals surface area contributed by atoms with Crippen LogP contribution in [0.2, 0.25) is 0 Å². The molecule has 5 fully saturated rings. The molecule has 1 N–H and O–H groups in total. The number of rotatable bonds is 4. The van der Waals surface area contributed by atoms with Crippen LogP contribution in [0.5, 0.6) is 0 Å². The van der Waals surface area contributed by atoms with Crippen molar-refractivity contribution in [2.24, 2.45) is 29.1 Å². The molecule has 5 rings (SSSR count). The molecule has 0 aromatic rings. The van der Waals surface area contributed by atoms with E-state index in [1.165, 1.54) is 38.5 Å². The quantitative estimate of drug-likeness (QED) is 0.851. The molecule has 5 saturated carbocycles. The molecule has 5 aliphatic rings. The van der Waals surface area contributed by atoms with E-state index in [2.05, 4.69) is 12.2 Å². The van der Waals surface area contributed by atoms with Crippen molar-refractivity contribution in [3.63, 3.8) is 0 Å². The van der Waals surface area contributed by atoms with Crippen molar-refractivity contribution >= 4 is 0 Å². The maximum absolute atomic E-state index is 6.11. The van der Waals surface area contributed by atoms with Crippen molar-refractivity contribution in [3.8, 4) is 0 Å². The lowest BCUT2D eigenvalue weighted by Crippen LogP contribution is -2.65. The summed E-state index contributed by atoms with van der Waals surface area (Å²) in [5, 5.41) is 4.16. The van der Waals surface area contributed by atoms with Gasteiger partial charge in [-0.2, -0.15) is 0 Å². The molecule has 6 atom stereocenters. The van der Waals surface area contributed by atoms with Gasteiger partial charge in [0.2, 0.25) is 0 Å². The van der Waals surface area contributed by atoms with Crippen LogP contribution in [-0.4, -0.2) is 24.8 Å². The van der Waals surface area contributed by atoms with Gasteiger partial charge in [-0.3, -0.25) is 0 Å². The summed E-state index contributed by atoms with van der Waals surface area (Å²) in [4.78, 5) is 0. The normalized spacial score (nSPS) is 52.7. The zero-order chi connectivity index (χ0) is 14.0. The second-order valence-corrected chi connectivity index (χ2v) is 8.71. The zero-order valence-corrected chi connectivity index (χ0v) is 13.5. The Morgan fingerprint density at radius 3 is 2.38 bits per heavy atom. The van der Waals surface area contributed by atoms with Crippen molar-refractivity contribution in [1.82, 2.24) is 5.32 Å². The first-order chi connectivity index (χ1) is 10.3. The van der Waals surface area contributed by atoms with E-state index in [0.29, 0.717) is 11.5 Å².